The van der Waals surface area contributed by atoms with Crippen LogP contribution in [0, 0.1) is 24.7 Å². The lowest BCUT2D eigenvalue weighted by Crippen LogP contribution is -2.30. The van der Waals surface area contributed by atoms with Crippen molar-refractivity contribution in [3.63, 3.8) is 0 Å². The average Bonchev–Trinajstić information content (AvgIpc) is 2.37. The SMILES string of the molecule is Cc1ccc(C(=O)N(C)CC(C)C)c(C#CCCO)c1. The number of hydrogen-bond donors (Lipinski definition) is 1. The lowest BCUT2D eigenvalue weighted by atomic mass is 10.0. The molecule has 3 nitrogen and oxygen atoms in total. The molecule has 0 saturated carbocycles. The third-order valence-corrected chi connectivity index (χ3v) is 2.85. The molecule has 1 N–H and O–H groups in total. The van der Waals surface area contributed by atoms with Gasteiger partial charge in [0.1, 0.15) is 0 Å². The van der Waals surface area contributed by atoms with E-state index in [1.165, 1.54) is 0 Å². The Hall–Kier alpha value is -1.79. The number of rotatable bonds is 4. The van der Waals surface area contributed by atoms with Gasteiger partial charge in [0.25, 0.3) is 5.91 Å². The fourth-order valence-corrected chi connectivity index (χ4v) is 2.00. The molecular weight excluding hydrogens is 250 g/mol. The van der Waals surface area contributed by atoms with Crippen LogP contribution in [-0.2, 0) is 0 Å². The highest BCUT2D eigenvalue weighted by atomic mass is 16.2. The van der Waals surface area contributed by atoms with Crippen molar-refractivity contribution >= 4 is 5.91 Å². The van der Waals surface area contributed by atoms with Crippen LogP contribution in [0.2, 0.25) is 0 Å². The number of benzene rings is 1. The number of aliphatic hydroxyl groups excluding tert-OH is 1. The van der Waals surface area contributed by atoms with Gasteiger partial charge in [0, 0.05) is 25.6 Å². The molecule has 1 aromatic rings. The predicted octanol–water partition coefficient (Wildman–Crippen LogP) is 2.46. The van der Waals surface area contributed by atoms with E-state index < -0.39 is 0 Å². The average molecular weight is 273 g/mol. The summed E-state index contributed by atoms with van der Waals surface area (Å²) in [6, 6.07) is 5.67. The lowest BCUT2D eigenvalue weighted by molar-refractivity contribution is 0.0779. The molecule has 0 fully saturated rings. The third-order valence-electron chi connectivity index (χ3n) is 2.85. The van der Waals surface area contributed by atoms with Gasteiger partial charge in [-0.3, -0.25) is 4.79 Å². The van der Waals surface area contributed by atoms with Crippen molar-refractivity contribution in [3.05, 3.63) is 34.9 Å². The van der Waals surface area contributed by atoms with E-state index in [0.717, 1.165) is 17.7 Å². The second-order valence-electron chi connectivity index (χ2n) is 5.40. The molecule has 0 spiro atoms. The zero-order chi connectivity index (χ0) is 15.1. The molecule has 1 amide bonds. The third kappa shape index (κ3) is 4.71. The largest absolute Gasteiger partial charge is 0.395 e. The Balaban J connectivity index is 3.05. The maximum absolute atomic E-state index is 12.5. The van der Waals surface area contributed by atoms with Crippen LogP contribution in [0.3, 0.4) is 0 Å². The summed E-state index contributed by atoms with van der Waals surface area (Å²) in [5, 5.41) is 8.79. The van der Waals surface area contributed by atoms with Gasteiger partial charge in [-0.05, 0) is 30.5 Å². The summed E-state index contributed by atoms with van der Waals surface area (Å²) in [6.07, 6.45) is 0.420. The zero-order valence-corrected chi connectivity index (χ0v) is 12.7. The lowest BCUT2D eigenvalue weighted by Gasteiger charge is -2.20. The van der Waals surface area contributed by atoms with Crippen LogP contribution in [0.4, 0.5) is 0 Å². The molecule has 1 rings (SSSR count). The maximum atomic E-state index is 12.5. The number of amides is 1. The van der Waals surface area contributed by atoms with Crippen LogP contribution >= 0.6 is 0 Å². The Morgan fingerprint density at radius 2 is 2.10 bits per heavy atom. The highest BCUT2D eigenvalue weighted by molar-refractivity contribution is 5.96. The van der Waals surface area contributed by atoms with E-state index in [9.17, 15) is 4.79 Å². The summed E-state index contributed by atoms with van der Waals surface area (Å²) in [5.41, 5.74) is 2.43. The molecule has 0 bridgehead atoms. The molecule has 0 atom stereocenters. The Bertz CT molecular complexity index is 524. The van der Waals surface area contributed by atoms with Gasteiger partial charge in [0.05, 0.1) is 12.2 Å². The first kappa shape index (κ1) is 16.3. The Labute approximate surface area is 121 Å². The van der Waals surface area contributed by atoms with E-state index >= 15 is 0 Å². The van der Waals surface area contributed by atoms with Crippen LogP contribution in [0.1, 0.15) is 41.8 Å². The van der Waals surface area contributed by atoms with Crippen molar-refractivity contribution in [3.8, 4) is 11.8 Å². The minimum atomic E-state index is -0.00741. The first-order valence-corrected chi connectivity index (χ1v) is 6.91. The van der Waals surface area contributed by atoms with Crippen molar-refractivity contribution in [2.45, 2.75) is 27.2 Å². The van der Waals surface area contributed by atoms with Crippen molar-refractivity contribution in [2.75, 3.05) is 20.2 Å². The molecule has 0 aromatic heterocycles. The van der Waals surface area contributed by atoms with E-state index in [4.69, 9.17) is 5.11 Å². The molecule has 0 saturated heterocycles. The molecule has 0 radical (unpaired) electrons. The fraction of sp³-hybridized carbons (Fsp3) is 0.471. The molecule has 0 aliphatic rings. The molecule has 108 valence electrons. The molecule has 20 heavy (non-hydrogen) atoms. The van der Waals surface area contributed by atoms with Gasteiger partial charge in [0.15, 0.2) is 0 Å². The van der Waals surface area contributed by atoms with Crippen LogP contribution in [-0.4, -0.2) is 36.1 Å². The second-order valence-corrected chi connectivity index (χ2v) is 5.40. The molecule has 1 aromatic carbocycles. The topological polar surface area (TPSA) is 40.5 Å². The molecule has 0 aliphatic carbocycles. The number of carbonyl (C=O) groups excluding carboxylic acids is 1. The minimum absolute atomic E-state index is 0.00741. The summed E-state index contributed by atoms with van der Waals surface area (Å²) in [6.45, 7) is 6.90. The van der Waals surface area contributed by atoms with Crippen molar-refractivity contribution in [2.24, 2.45) is 5.92 Å². The van der Waals surface area contributed by atoms with E-state index in [-0.39, 0.29) is 12.5 Å². The summed E-state index contributed by atoms with van der Waals surface area (Å²) in [5.74, 6) is 6.29. The Morgan fingerprint density at radius 3 is 2.70 bits per heavy atom. The quantitative estimate of drug-likeness (QED) is 0.856. The van der Waals surface area contributed by atoms with Gasteiger partial charge in [-0.2, -0.15) is 0 Å². The minimum Gasteiger partial charge on any atom is -0.395 e. The standard InChI is InChI=1S/C17H23NO2/c1-13(2)12-18(4)17(20)16-9-8-14(3)11-15(16)7-5-6-10-19/h8-9,11,13,19H,6,10,12H2,1-4H3. The molecule has 0 heterocycles. The van der Waals surface area contributed by atoms with Gasteiger partial charge in [-0.1, -0.05) is 31.8 Å². The predicted molar refractivity (Wildman–Crippen MR) is 81.6 cm³/mol. The Kier molecular flexibility index (Phi) is 6.27. The number of carbonyl (C=O) groups is 1. The number of hydrogen-bond acceptors (Lipinski definition) is 2. The van der Waals surface area contributed by atoms with E-state index in [0.29, 0.717) is 17.9 Å². The molecular formula is C17H23NO2. The van der Waals surface area contributed by atoms with Crippen molar-refractivity contribution < 1.29 is 9.90 Å². The normalized spacial score (nSPS) is 10.1. The number of aliphatic hydroxyl groups is 1. The zero-order valence-electron chi connectivity index (χ0n) is 12.7. The molecule has 0 unspecified atom stereocenters. The second kappa shape index (κ2) is 7.72. The molecule has 3 heteroatoms. The smallest absolute Gasteiger partial charge is 0.254 e. The maximum Gasteiger partial charge on any atom is 0.254 e. The number of aryl methyl sites for hydroxylation is 1. The fourth-order valence-electron chi connectivity index (χ4n) is 2.00. The van der Waals surface area contributed by atoms with Crippen LogP contribution < -0.4 is 0 Å². The van der Waals surface area contributed by atoms with Crippen molar-refractivity contribution in [1.82, 2.24) is 4.90 Å². The first-order chi connectivity index (χ1) is 9.45. The first-order valence-electron chi connectivity index (χ1n) is 6.91. The van der Waals surface area contributed by atoms with Crippen LogP contribution in [0.25, 0.3) is 0 Å². The summed E-state index contributed by atoms with van der Waals surface area (Å²) in [4.78, 5) is 14.2. The highest BCUT2D eigenvalue weighted by Gasteiger charge is 2.15. The van der Waals surface area contributed by atoms with E-state index in [2.05, 4.69) is 25.7 Å². The van der Waals surface area contributed by atoms with Gasteiger partial charge in [-0.15, -0.1) is 0 Å². The van der Waals surface area contributed by atoms with E-state index in [1.807, 2.05) is 32.2 Å². The van der Waals surface area contributed by atoms with Gasteiger partial charge < -0.3 is 10.0 Å². The van der Waals surface area contributed by atoms with Crippen LogP contribution in [0.5, 0.6) is 0 Å². The van der Waals surface area contributed by atoms with Gasteiger partial charge in [0.2, 0.25) is 0 Å². The van der Waals surface area contributed by atoms with E-state index in [1.54, 1.807) is 4.90 Å². The monoisotopic (exact) mass is 273 g/mol. The number of nitrogens with zero attached hydrogens (tertiary/aromatic N) is 1. The van der Waals surface area contributed by atoms with Gasteiger partial charge in [-0.25, -0.2) is 0 Å². The van der Waals surface area contributed by atoms with Crippen molar-refractivity contribution in [1.29, 1.82) is 0 Å². The summed E-state index contributed by atoms with van der Waals surface area (Å²) < 4.78 is 0. The Morgan fingerprint density at radius 1 is 1.40 bits per heavy atom. The highest BCUT2D eigenvalue weighted by Crippen LogP contribution is 2.14. The van der Waals surface area contributed by atoms with Gasteiger partial charge >= 0.3 is 0 Å². The molecule has 0 aliphatic heterocycles. The van der Waals surface area contributed by atoms with Crippen LogP contribution in [0.15, 0.2) is 18.2 Å². The summed E-state index contributed by atoms with van der Waals surface area (Å²) >= 11 is 0. The summed E-state index contributed by atoms with van der Waals surface area (Å²) in [7, 11) is 1.81.